The molecule has 3 atom stereocenters. The lowest BCUT2D eigenvalue weighted by atomic mass is 10.1. The summed E-state index contributed by atoms with van der Waals surface area (Å²) in [5.74, 6) is -1.00. The van der Waals surface area contributed by atoms with E-state index in [4.69, 9.17) is 10.2 Å². The van der Waals surface area contributed by atoms with Crippen molar-refractivity contribution in [1.29, 1.82) is 0 Å². The first-order valence-corrected chi connectivity index (χ1v) is 6.11. The molecule has 112 valence electrons. The van der Waals surface area contributed by atoms with Crippen molar-refractivity contribution in [2.45, 2.75) is 37.6 Å². The number of aliphatic hydroxyl groups excluding tert-OH is 4. The van der Waals surface area contributed by atoms with Gasteiger partial charge in [-0.2, -0.15) is 0 Å². The molecule has 1 rings (SSSR count). The maximum Gasteiger partial charge on any atom is 0.303 e. The topological polar surface area (TPSA) is 144 Å². The van der Waals surface area contributed by atoms with Gasteiger partial charge < -0.3 is 25.5 Å². The van der Waals surface area contributed by atoms with Crippen LogP contribution in [-0.2, 0) is 11.2 Å². The maximum absolute atomic E-state index is 10.4. The van der Waals surface area contributed by atoms with E-state index in [9.17, 15) is 20.1 Å². The molecule has 1 heterocycles. The number of aliphatic hydroxyl groups is 4. The summed E-state index contributed by atoms with van der Waals surface area (Å²) in [5, 5.41) is 45.6. The average molecular weight is 286 g/mol. The predicted octanol–water partition coefficient (Wildman–Crippen LogP) is -1.37. The lowest BCUT2D eigenvalue weighted by Crippen LogP contribution is -2.31. The van der Waals surface area contributed by atoms with Gasteiger partial charge in [-0.25, -0.2) is 0 Å². The summed E-state index contributed by atoms with van der Waals surface area (Å²) in [6.07, 6.45) is -0.927. The monoisotopic (exact) mass is 286 g/mol. The van der Waals surface area contributed by atoms with E-state index in [1.807, 2.05) is 0 Å². The van der Waals surface area contributed by atoms with E-state index in [-0.39, 0.29) is 25.0 Å². The summed E-state index contributed by atoms with van der Waals surface area (Å²) in [6.45, 7) is -0.555. The van der Waals surface area contributed by atoms with Crippen LogP contribution in [0.1, 0.15) is 30.3 Å². The Kier molecular flexibility index (Phi) is 6.46. The molecule has 0 aromatic carbocycles. The Morgan fingerprint density at radius 2 is 1.85 bits per heavy atom. The van der Waals surface area contributed by atoms with Crippen LogP contribution < -0.4 is 0 Å². The van der Waals surface area contributed by atoms with Gasteiger partial charge in [0.1, 0.15) is 6.10 Å². The number of carboxylic acids is 1. The molecule has 0 aliphatic rings. The Bertz CT molecular complexity index is 424. The highest BCUT2D eigenvalue weighted by Crippen LogP contribution is 2.15. The van der Waals surface area contributed by atoms with Gasteiger partial charge in [0, 0.05) is 19.0 Å². The molecule has 0 fully saturated rings. The number of aromatic nitrogens is 2. The van der Waals surface area contributed by atoms with Crippen LogP contribution in [0.25, 0.3) is 0 Å². The van der Waals surface area contributed by atoms with Crippen LogP contribution in [0.15, 0.2) is 12.4 Å². The predicted molar refractivity (Wildman–Crippen MR) is 66.7 cm³/mol. The molecule has 8 heteroatoms. The van der Waals surface area contributed by atoms with E-state index in [1.54, 1.807) is 0 Å². The highest BCUT2D eigenvalue weighted by molar-refractivity contribution is 5.66. The first kappa shape index (κ1) is 16.4. The minimum absolute atomic E-state index is 0.0141. The number of aliphatic carboxylic acids is 1. The molecule has 0 saturated heterocycles. The Morgan fingerprint density at radius 3 is 2.35 bits per heavy atom. The van der Waals surface area contributed by atoms with Gasteiger partial charge in [0.2, 0.25) is 0 Å². The lowest BCUT2D eigenvalue weighted by Gasteiger charge is -2.15. The summed E-state index contributed by atoms with van der Waals surface area (Å²) in [6, 6.07) is 0. The van der Waals surface area contributed by atoms with Crippen LogP contribution in [0, 0.1) is 0 Å². The van der Waals surface area contributed by atoms with Gasteiger partial charge in [-0.15, -0.1) is 0 Å². The molecule has 0 aliphatic heterocycles. The molecule has 0 amide bonds. The summed E-state index contributed by atoms with van der Waals surface area (Å²) in [7, 11) is 0. The SMILES string of the molecule is O=C(O)CCC(O)c1cnc(C[C@H](O)[C@H](O)CO)cn1. The molecule has 0 aliphatic carbocycles. The van der Waals surface area contributed by atoms with Crippen molar-refractivity contribution in [2.75, 3.05) is 6.61 Å². The van der Waals surface area contributed by atoms with Gasteiger partial charge >= 0.3 is 5.97 Å². The lowest BCUT2D eigenvalue weighted by molar-refractivity contribution is -0.137. The summed E-state index contributed by atoms with van der Waals surface area (Å²) in [5.41, 5.74) is 0.631. The third-order valence-electron chi connectivity index (χ3n) is 2.75. The average Bonchev–Trinajstić information content (AvgIpc) is 2.44. The third kappa shape index (κ3) is 5.17. The Hall–Kier alpha value is -1.61. The zero-order chi connectivity index (χ0) is 15.1. The van der Waals surface area contributed by atoms with Gasteiger partial charge in [0.05, 0.1) is 36.4 Å². The van der Waals surface area contributed by atoms with E-state index in [0.717, 1.165) is 0 Å². The van der Waals surface area contributed by atoms with Gasteiger partial charge in [-0.1, -0.05) is 0 Å². The first-order chi connectivity index (χ1) is 9.43. The molecular formula is C12H18N2O6. The highest BCUT2D eigenvalue weighted by Gasteiger charge is 2.17. The maximum atomic E-state index is 10.4. The molecule has 1 aromatic heterocycles. The number of carbonyl (C=O) groups is 1. The Balaban J connectivity index is 2.57. The Labute approximate surface area is 115 Å². The molecule has 5 N–H and O–H groups in total. The van der Waals surface area contributed by atoms with Crippen molar-refractivity contribution in [1.82, 2.24) is 9.97 Å². The number of carboxylic acid groups (broad SMARTS) is 1. The fraction of sp³-hybridized carbons (Fsp3) is 0.583. The number of hydrogen-bond donors (Lipinski definition) is 5. The number of nitrogens with zero attached hydrogens (tertiary/aromatic N) is 2. The van der Waals surface area contributed by atoms with Crippen molar-refractivity contribution in [3.63, 3.8) is 0 Å². The van der Waals surface area contributed by atoms with Crippen LogP contribution >= 0.6 is 0 Å². The molecule has 0 radical (unpaired) electrons. The molecule has 1 unspecified atom stereocenters. The minimum Gasteiger partial charge on any atom is -0.481 e. The van der Waals surface area contributed by atoms with E-state index in [2.05, 4.69) is 9.97 Å². The second-order valence-electron chi connectivity index (χ2n) is 4.40. The van der Waals surface area contributed by atoms with E-state index in [1.165, 1.54) is 12.4 Å². The fourth-order valence-electron chi connectivity index (χ4n) is 1.52. The minimum atomic E-state index is -1.25. The standard InChI is InChI=1S/C12H18N2O6/c15-6-11(18)10(17)3-7-4-14-8(5-13-7)9(16)1-2-12(19)20/h4-5,9-11,15-18H,1-3,6H2,(H,19,20)/t9?,10-,11+/m0/s1. The largest absolute Gasteiger partial charge is 0.481 e. The van der Waals surface area contributed by atoms with Crippen LogP contribution in [-0.4, -0.2) is 60.3 Å². The molecule has 20 heavy (non-hydrogen) atoms. The quantitative estimate of drug-likeness (QED) is 0.394. The van der Waals surface area contributed by atoms with Crippen molar-refractivity contribution < 1.29 is 30.3 Å². The van der Waals surface area contributed by atoms with Crippen molar-refractivity contribution >= 4 is 5.97 Å². The summed E-state index contributed by atoms with van der Waals surface area (Å²) >= 11 is 0. The van der Waals surface area contributed by atoms with Crippen molar-refractivity contribution in [2.24, 2.45) is 0 Å². The van der Waals surface area contributed by atoms with Crippen LogP contribution in [0.3, 0.4) is 0 Å². The number of hydrogen-bond acceptors (Lipinski definition) is 7. The zero-order valence-corrected chi connectivity index (χ0v) is 10.8. The molecular weight excluding hydrogens is 268 g/mol. The Morgan fingerprint density at radius 1 is 1.15 bits per heavy atom. The fourth-order valence-corrected chi connectivity index (χ4v) is 1.52. The smallest absolute Gasteiger partial charge is 0.303 e. The number of rotatable bonds is 8. The second kappa shape index (κ2) is 7.85. The molecule has 1 aromatic rings. The van der Waals surface area contributed by atoms with Gasteiger partial charge in [0.25, 0.3) is 0 Å². The summed E-state index contributed by atoms with van der Waals surface area (Å²) in [4.78, 5) is 18.3. The molecule has 0 spiro atoms. The third-order valence-corrected chi connectivity index (χ3v) is 2.75. The first-order valence-electron chi connectivity index (χ1n) is 6.11. The summed E-state index contributed by atoms with van der Waals surface area (Å²) < 4.78 is 0. The van der Waals surface area contributed by atoms with E-state index < -0.39 is 30.9 Å². The molecule has 8 nitrogen and oxygen atoms in total. The van der Waals surface area contributed by atoms with E-state index >= 15 is 0 Å². The van der Waals surface area contributed by atoms with Gasteiger partial charge in [-0.05, 0) is 6.42 Å². The van der Waals surface area contributed by atoms with Gasteiger partial charge in [0.15, 0.2) is 0 Å². The van der Waals surface area contributed by atoms with Crippen molar-refractivity contribution in [3.05, 3.63) is 23.8 Å². The van der Waals surface area contributed by atoms with E-state index in [0.29, 0.717) is 5.69 Å². The normalized spacial score (nSPS) is 15.6. The van der Waals surface area contributed by atoms with Crippen LogP contribution in [0.2, 0.25) is 0 Å². The highest BCUT2D eigenvalue weighted by atomic mass is 16.4. The van der Waals surface area contributed by atoms with Crippen LogP contribution in [0.4, 0.5) is 0 Å². The molecule has 0 bridgehead atoms. The van der Waals surface area contributed by atoms with Gasteiger partial charge in [-0.3, -0.25) is 14.8 Å². The second-order valence-corrected chi connectivity index (χ2v) is 4.40. The van der Waals surface area contributed by atoms with Crippen molar-refractivity contribution in [3.8, 4) is 0 Å². The van der Waals surface area contributed by atoms with Crippen LogP contribution in [0.5, 0.6) is 0 Å². The molecule has 0 saturated carbocycles. The zero-order valence-electron chi connectivity index (χ0n) is 10.8.